The SMILES string of the molecule is O=C(O)c1ccc(I)c(Oc2cccc3nccn23)c1. The maximum atomic E-state index is 11.0. The Morgan fingerprint density at radius 2 is 2.15 bits per heavy atom. The number of carboxylic acids is 1. The van der Waals surface area contributed by atoms with Gasteiger partial charge in [-0.3, -0.25) is 4.40 Å². The second kappa shape index (κ2) is 5.12. The van der Waals surface area contributed by atoms with Crippen LogP contribution in [0.25, 0.3) is 5.65 Å². The highest BCUT2D eigenvalue weighted by Gasteiger charge is 2.10. The lowest BCUT2D eigenvalue weighted by Crippen LogP contribution is -1.99. The summed E-state index contributed by atoms with van der Waals surface area (Å²) in [4.78, 5) is 15.2. The summed E-state index contributed by atoms with van der Waals surface area (Å²) in [6.45, 7) is 0. The lowest BCUT2D eigenvalue weighted by atomic mass is 10.2. The predicted octanol–water partition coefficient (Wildman–Crippen LogP) is 3.43. The summed E-state index contributed by atoms with van der Waals surface area (Å²) in [5.41, 5.74) is 0.963. The maximum Gasteiger partial charge on any atom is 0.335 e. The van der Waals surface area contributed by atoms with Crippen LogP contribution in [-0.2, 0) is 0 Å². The van der Waals surface area contributed by atoms with Gasteiger partial charge in [0.1, 0.15) is 11.4 Å². The molecule has 0 radical (unpaired) electrons. The summed E-state index contributed by atoms with van der Waals surface area (Å²) in [6.07, 6.45) is 3.47. The number of fused-ring (bicyclic) bond motifs is 1. The van der Waals surface area contributed by atoms with Gasteiger partial charge in [0.15, 0.2) is 0 Å². The zero-order valence-electron chi connectivity index (χ0n) is 10.2. The third kappa shape index (κ3) is 2.34. The molecule has 1 aromatic carbocycles. The van der Waals surface area contributed by atoms with Crippen LogP contribution in [0.4, 0.5) is 0 Å². The quantitative estimate of drug-likeness (QED) is 0.708. The van der Waals surface area contributed by atoms with Crippen LogP contribution in [0.2, 0.25) is 0 Å². The molecule has 0 aliphatic heterocycles. The highest BCUT2D eigenvalue weighted by Crippen LogP contribution is 2.28. The zero-order chi connectivity index (χ0) is 14.1. The van der Waals surface area contributed by atoms with Crippen LogP contribution in [0.3, 0.4) is 0 Å². The molecule has 0 atom stereocenters. The van der Waals surface area contributed by atoms with Crippen molar-refractivity contribution in [2.24, 2.45) is 0 Å². The van der Waals surface area contributed by atoms with E-state index < -0.39 is 5.97 Å². The fraction of sp³-hybridized carbons (Fsp3) is 0. The molecular formula is C14H9IN2O3. The number of hydrogen-bond donors (Lipinski definition) is 1. The highest BCUT2D eigenvalue weighted by molar-refractivity contribution is 14.1. The van der Waals surface area contributed by atoms with E-state index >= 15 is 0 Å². The van der Waals surface area contributed by atoms with Gasteiger partial charge < -0.3 is 9.84 Å². The van der Waals surface area contributed by atoms with E-state index in [1.807, 2.05) is 12.1 Å². The number of imidazole rings is 1. The minimum Gasteiger partial charge on any atom is -0.478 e. The van der Waals surface area contributed by atoms with Crippen molar-refractivity contribution in [3.8, 4) is 11.6 Å². The van der Waals surface area contributed by atoms with E-state index in [9.17, 15) is 4.79 Å². The van der Waals surface area contributed by atoms with Crippen LogP contribution in [0.5, 0.6) is 11.6 Å². The van der Waals surface area contributed by atoms with Crippen molar-refractivity contribution < 1.29 is 14.6 Å². The molecule has 100 valence electrons. The Hall–Kier alpha value is -2.09. The fourth-order valence-corrected chi connectivity index (χ4v) is 2.28. The van der Waals surface area contributed by atoms with Crippen molar-refractivity contribution in [1.82, 2.24) is 9.38 Å². The summed E-state index contributed by atoms with van der Waals surface area (Å²) < 4.78 is 8.46. The Labute approximate surface area is 128 Å². The fourth-order valence-electron chi connectivity index (χ4n) is 1.83. The van der Waals surface area contributed by atoms with Crippen molar-refractivity contribution in [2.75, 3.05) is 0 Å². The van der Waals surface area contributed by atoms with Crippen molar-refractivity contribution in [2.45, 2.75) is 0 Å². The van der Waals surface area contributed by atoms with E-state index in [1.165, 1.54) is 6.07 Å². The van der Waals surface area contributed by atoms with Crippen molar-refractivity contribution >= 4 is 34.2 Å². The van der Waals surface area contributed by atoms with E-state index in [-0.39, 0.29) is 5.56 Å². The van der Waals surface area contributed by atoms with Gasteiger partial charge in [0.2, 0.25) is 5.88 Å². The topological polar surface area (TPSA) is 63.8 Å². The summed E-state index contributed by atoms with van der Waals surface area (Å²) >= 11 is 2.11. The first-order valence-corrected chi connectivity index (χ1v) is 6.86. The number of pyridine rings is 1. The summed E-state index contributed by atoms with van der Waals surface area (Å²) in [7, 11) is 0. The van der Waals surface area contributed by atoms with Crippen molar-refractivity contribution in [1.29, 1.82) is 0 Å². The van der Waals surface area contributed by atoms with Gasteiger partial charge in [-0.1, -0.05) is 6.07 Å². The normalized spacial score (nSPS) is 10.7. The van der Waals surface area contributed by atoms with Gasteiger partial charge in [-0.15, -0.1) is 0 Å². The van der Waals surface area contributed by atoms with E-state index in [1.54, 1.807) is 35.0 Å². The van der Waals surface area contributed by atoms with Gasteiger partial charge in [0.25, 0.3) is 0 Å². The molecule has 3 rings (SSSR count). The minimum absolute atomic E-state index is 0.193. The number of carboxylic acid groups (broad SMARTS) is 1. The molecule has 5 nitrogen and oxygen atoms in total. The van der Waals surface area contributed by atoms with Crippen LogP contribution in [0, 0.1) is 3.57 Å². The average Bonchev–Trinajstić information content (AvgIpc) is 2.90. The zero-order valence-corrected chi connectivity index (χ0v) is 12.3. The molecule has 6 heteroatoms. The molecule has 0 bridgehead atoms. The molecule has 0 fully saturated rings. The Kier molecular flexibility index (Phi) is 3.31. The van der Waals surface area contributed by atoms with Crippen LogP contribution in [-0.4, -0.2) is 20.5 Å². The third-order valence-corrected chi connectivity index (χ3v) is 3.67. The van der Waals surface area contributed by atoms with Crippen LogP contribution in [0.15, 0.2) is 48.8 Å². The Morgan fingerprint density at radius 1 is 1.30 bits per heavy atom. The molecule has 0 amide bonds. The smallest absolute Gasteiger partial charge is 0.335 e. The number of hydrogen-bond acceptors (Lipinski definition) is 3. The van der Waals surface area contributed by atoms with Crippen molar-refractivity contribution in [3.05, 3.63) is 57.9 Å². The van der Waals surface area contributed by atoms with Gasteiger partial charge in [-0.2, -0.15) is 0 Å². The van der Waals surface area contributed by atoms with Gasteiger partial charge in [0.05, 0.1) is 9.13 Å². The summed E-state index contributed by atoms with van der Waals surface area (Å²) in [6, 6.07) is 10.3. The minimum atomic E-state index is -0.980. The first-order chi connectivity index (χ1) is 9.65. The highest BCUT2D eigenvalue weighted by atomic mass is 127. The second-order valence-corrected chi connectivity index (χ2v) is 5.23. The molecular weight excluding hydrogens is 371 g/mol. The molecule has 0 saturated heterocycles. The molecule has 0 aliphatic carbocycles. The molecule has 1 N–H and O–H groups in total. The Morgan fingerprint density at radius 3 is 2.95 bits per heavy atom. The van der Waals surface area contributed by atoms with E-state index in [0.717, 1.165) is 9.22 Å². The number of ether oxygens (including phenoxy) is 1. The molecule has 2 heterocycles. The summed E-state index contributed by atoms with van der Waals surface area (Å²) in [5.74, 6) is 0.110. The summed E-state index contributed by atoms with van der Waals surface area (Å²) in [5, 5.41) is 9.03. The Balaban J connectivity index is 2.04. The number of nitrogens with zero attached hydrogens (tertiary/aromatic N) is 2. The predicted molar refractivity (Wildman–Crippen MR) is 81.4 cm³/mol. The van der Waals surface area contributed by atoms with E-state index in [4.69, 9.17) is 9.84 Å². The molecule has 0 saturated carbocycles. The Bertz CT molecular complexity index is 798. The standard InChI is InChI=1S/C14H9IN2O3/c15-10-5-4-9(14(18)19)8-11(10)20-13-3-1-2-12-16-6-7-17(12)13/h1-8H,(H,18,19). The number of benzene rings is 1. The third-order valence-electron chi connectivity index (χ3n) is 2.78. The first-order valence-electron chi connectivity index (χ1n) is 5.78. The second-order valence-electron chi connectivity index (χ2n) is 4.07. The number of rotatable bonds is 3. The maximum absolute atomic E-state index is 11.0. The van der Waals surface area contributed by atoms with Crippen molar-refractivity contribution in [3.63, 3.8) is 0 Å². The largest absolute Gasteiger partial charge is 0.478 e. The van der Waals surface area contributed by atoms with Crippen LogP contribution in [0.1, 0.15) is 10.4 Å². The number of aromatic carboxylic acids is 1. The molecule has 3 aromatic rings. The molecule has 0 aliphatic rings. The number of carbonyl (C=O) groups is 1. The molecule has 0 spiro atoms. The van der Waals surface area contributed by atoms with E-state index in [0.29, 0.717) is 11.6 Å². The molecule has 2 aromatic heterocycles. The molecule has 20 heavy (non-hydrogen) atoms. The monoisotopic (exact) mass is 380 g/mol. The number of halogens is 1. The van der Waals surface area contributed by atoms with Gasteiger partial charge in [0, 0.05) is 12.4 Å². The molecule has 0 unspecified atom stereocenters. The van der Waals surface area contributed by atoms with E-state index in [2.05, 4.69) is 27.6 Å². The van der Waals surface area contributed by atoms with Crippen LogP contribution < -0.4 is 4.74 Å². The first kappa shape index (κ1) is 12.9. The van der Waals surface area contributed by atoms with Crippen LogP contribution >= 0.6 is 22.6 Å². The average molecular weight is 380 g/mol. The lowest BCUT2D eigenvalue weighted by molar-refractivity contribution is 0.0696. The van der Waals surface area contributed by atoms with Gasteiger partial charge >= 0.3 is 5.97 Å². The van der Waals surface area contributed by atoms with Gasteiger partial charge in [-0.05, 0) is 52.9 Å². The van der Waals surface area contributed by atoms with Gasteiger partial charge in [-0.25, -0.2) is 9.78 Å². The lowest BCUT2D eigenvalue weighted by Gasteiger charge is -2.10. The number of aromatic nitrogens is 2.